The molecule has 10 rings (SSSR count). The Morgan fingerprint density at radius 3 is 1.90 bits per heavy atom. The second-order valence-corrected chi connectivity index (χ2v) is 14.4. The van der Waals surface area contributed by atoms with E-state index in [-0.39, 0.29) is 5.41 Å². The molecule has 0 amide bonds. The standard InChI is InChI=1S/C45H32N2S/c1-45(2)38-20-10-6-16-32(38)33-25-24-30(27-39(33)45)46(29-14-4-3-5-15-29)42-28-31(26-37-36-19-9-13-23-43(36)48-44(37)42)47-40-21-11-7-17-34(40)35-18-8-12-22-41(35)47/h3-28H,1-2H3. The normalized spacial score (nSPS) is 13.4. The van der Waals surface area contributed by atoms with E-state index in [0.29, 0.717) is 0 Å². The van der Waals surface area contributed by atoms with E-state index in [1.807, 2.05) is 11.3 Å². The first-order valence-corrected chi connectivity index (χ1v) is 17.4. The Bertz CT molecular complexity index is 2660. The summed E-state index contributed by atoms with van der Waals surface area (Å²) < 4.78 is 5.03. The van der Waals surface area contributed by atoms with Crippen LogP contribution < -0.4 is 4.90 Å². The molecular weight excluding hydrogens is 601 g/mol. The number of hydrogen-bond donors (Lipinski definition) is 0. The molecule has 2 nitrogen and oxygen atoms in total. The van der Waals surface area contributed by atoms with E-state index in [1.54, 1.807) is 0 Å². The smallest absolute Gasteiger partial charge is 0.0661 e. The highest BCUT2D eigenvalue weighted by Crippen LogP contribution is 2.52. The first kappa shape index (κ1) is 27.5. The van der Waals surface area contributed by atoms with E-state index < -0.39 is 0 Å². The van der Waals surface area contributed by atoms with Crippen LogP contribution in [-0.2, 0) is 5.41 Å². The van der Waals surface area contributed by atoms with Crippen LogP contribution in [0.1, 0.15) is 25.0 Å². The van der Waals surface area contributed by atoms with Gasteiger partial charge in [-0.3, -0.25) is 0 Å². The van der Waals surface area contributed by atoms with Crippen LogP contribution in [-0.4, -0.2) is 4.57 Å². The largest absolute Gasteiger partial charge is 0.309 e. The lowest BCUT2D eigenvalue weighted by Gasteiger charge is -2.29. The van der Waals surface area contributed by atoms with Gasteiger partial charge >= 0.3 is 0 Å². The van der Waals surface area contributed by atoms with Crippen molar-refractivity contribution in [2.24, 2.45) is 0 Å². The molecule has 2 heterocycles. The molecule has 1 aliphatic carbocycles. The van der Waals surface area contributed by atoms with Crippen molar-refractivity contribution >= 4 is 70.4 Å². The highest BCUT2D eigenvalue weighted by molar-refractivity contribution is 7.26. The van der Waals surface area contributed by atoms with Crippen molar-refractivity contribution < 1.29 is 0 Å². The second kappa shape index (κ2) is 10.2. The summed E-state index contributed by atoms with van der Waals surface area (Å²) in [5.74, 6) is 0. The Kier molecular flexibility index (Phi) is 5.82. The summed E-state index contributed by atoms with van der Waals surface area (Å²) in [6.45, 7) is 4.72. The van der Waals surface area contributed by atoms with Gasteiger partial charge < -0.3 is 9.47 Å². The van der Waals surface area contributed by atoms with E-state index in [4.69, 9.17) is 0 Å². The van der Waals surface area contributed by atoms with Crippen LogP contribution in [0.15, 0.2) is 158 Å². The molecule has 0 atom stereocenters. The van der Waals surface area contributed by atoms with E-state index in [0.717, 1.165) is 11.4 Å². The Labute approximate surface area is 283 Å². The SMILES string of the molecule is CC1(C)c2ccccc2-c2ccc(N(c3ccccc3)c3cc(-n4c5ccccc5c5ccccc54)cc4c3sc3ccccc34)cc21. The Balaban J connectivity index is 1.30. The maximum Gasteiger partial charge on any atom is 0.0661 e. The van der Waals surface area contributed by atoms with Crippen molar-refractivity contribution in [2.75, 3.05) is 4.90 Å². The summed E-state index contributed by atoms with van der Waals surface area (Å²) in [5, 5.41) is 5.11. The van der Waals surface area contributed by atoms with E-state index >= 15 is 0 Å². The molecule has 0 aliphatic heterocycles. The minimum atomic E-state index is -0.0952. The minimum Gasteiger partial charge on any atom is -0.309 e. The predicted molar refractivity (Wildman–Crippen MR) is 206 cm³/mol. The third kappa shape index (κ3) is 3.85. The van der Waals surface area contributed by atoms with Gasteiger partial charge in [-0.05, 0) is 76.9 Å². The summed E-state index contributed by atoms with van der Waals surface area (Å²) in [6, 6.07) is 58.1. The van der Waals surface area contributed by atoms with E-state index in [2.05, 4.69) is 181 Å². The number of fused-ring (bicyclic) bond motifs is 9. The van der Waals surface area contributed by atoms with Gasteiger partial charge in [-0.25, -0.2) is 0 Å². The summed E-state index contributed by atoms with van der Waals surface area (Å²) in [5.41, 5.74) is 12.4. The van der Waals surface area contributed by atoms with Crippen molar-refractivity contribution in [3.63, 3.8) is 0 Å². The number of para-hydroxylation sites is 3. The molecule has 0 saturated carbocycles. The monoisotopic (exact) mass is 632 g/mol. The van der Waals surface area contributed by atoms with Crippen LogP contribution in [0, 0.1) is 0 Å². The molecule has 48 heavy (non-hydrogen) atoms. The van der Waals surface area contributed by atoms with Crippen molar-refractivity contribution in [1.82, 2.24) is 4.57 Å². The predicted octanol–water partition coefficient (Wildman–Crippen LogP) is 12.9. The molecule has 0 radical (unpaired) electrons. The Hall–Kier alpha value is -5.64. The van der Waals surface area contributed by atoms with Gasteiger partial charge in [0.25, 0.3) is 0 Å². The first-order chi connectivity index (χ1) is 23.6. The molecule has 228 valence electrons. The molecule has 1 aliphatic rings. The number of benzene rings is 7. The lowest BCUT2D eigenvalue weighted by atomic mass is 9.82. The number of aromatic nitrogens is 1. The van der Waals surface area contributed by atoms with E-state index in [1.165, 1.54) is 75.6 Å². The molecule has 7 aromatic carbocycles. The van der Waals surface area contributed by atoms with Gasteiger partial charge in [-0.1, -0.05) is 117 Å². The average Bonchev–Trinajstić information content (AvgIpc) is 3.75. The molecule has 0 unspecified atom stereocenters. The second-order valence-electron chi connectivity index (χ2n) is 13.4. The maximum atomic E-state index is 2.48. The van der Waals surface area contributed by atoms with Crippen LogP contribution in [0.3, 0.4) is 0 Å². The molecule has 0 fully saturated rings. The Morgan fingerprint density at radius 1 is 0.500 bits per heavy atom. The molecule has 3 heteroatoms. The van der Waals surface area contributed by atoms with Crippen LogP contribution in [0.5, 0.6) is 0 Å². The zero-order valence-electron chi connectivity index (χ0n) is 26.8. The highest BCUT2D eigenvalue weighted by atomic mass is 32.1. The number of nitrogens with zero attached hydrogens (tertiary/aromatic N) is 2. The third-order valence-electron chi connectivity index (χ3n) is 10.4. The zero-order valence-corrected chi connectivity index (χ0v) is 27.6. The van der Waals surface area contributed by atoms with Crippen LogP contribution >= 0.6 is 11.3 Å². The van der Waals surface area contributed by atoms with Crippen LogP contribution in [0.25, 0.3) is 58.8 Å². The summed E-state index contributed by atoms with van der Waals surface area (Å²) in [4.78, 5) is 2.48. The van der Waals surface area contributed by atoms with Gasteiger partial charge in [0.2, 0.25) is 0 Å². The van der Waals surface area contributed by atoms with Crippen molar-refractivity contribution in [2.45, 2.75) is 19.3 Å². The number of hydrogen-bond acceptors (Lipinski definition) is 2. The molecule has 9 aromatic rings. The lowest BCUT2D eigenvalue weighted by Crippen LogP contribution is -2.16. The van der Waals surface area contributed by atoms with Gasteiger partial charge in [0.1, 0.15) is 0 Å². The zero-order chi connectivity index (χ0) is 32.0. The summed E-state index contributed by atoms with van der Waals surface area (Å²) >= 11 is 1.88. The molecule has 0 spiro atoms. The van der Waals surface area contributed by atoms with Crippen LogP contribution in [0.4, 0.5) is 17.1 Å². The number of anilines is 3. The molecule has 2 aromatic heterocycles. The fraction of sp³-hybridized carbons (Fsp3) is 0.0667. The first-order valence-electron chi connectivity index (χ1n) is 16.6. The molecule has 0 bridgehead atoms. The molecule has 0 N–H and O–H groups in total. The van der Waals surface area contributed by atoms with Crippen LogP contribution in [0.2, 0.25) is 0 Å². The Morgan fingerprint density at radius 2 is 1.12 bits per heavy atom. The van der Waals surface area contributed by atoms with Gasteiger partial charge in [-0.15, -0.1) is 11.3 Å². The van der Waals surface area contributed by atoms with Gasteiger partial charge in [0.15, 0.2) is 0 Å². The number of thiophene rings is 1. The highest BCUT2D eigenvalue weighted by Gasteiger charge is 2.36. The van der Waals surface area contributed by atoms with Crippen molar-refractivity contribution in [1.29, 1.82) is 0 Å². The van der Waals surface area contributed by atoms with Crippen molar-refractivity contribution in [3.05, 3.63) is 169 Å². The number of rotatable bonds is 4. The van der Waals surface area contributed by atoms with Gasteiger partial charge in [0.05, 0.1) is 21.4 Å². The van der Waals surface area contributed by atoms with Gasteiger partial charge in [0, 0.05) is 48.7 Å². The quantitative estimate of drug-likeness (QED) is 0.187. The minimum absolute atomic E-state index is 0.0952. The van der Waals surface area contributed by atoms with Gasteiger partial charge in [-0.2, -0.15) is 0 Å². The average molecular weight is 633 g/mol. The molecule has 0 saturated heterocycles. The summed E-state index contributed by atoms with van der Waals surface area (Å²) in [7, 11) is 0. The fourth-order valence-electron chi connectivity index (χ4n) is 8.13. The van der Waals surface area contributed by atoms with E-state index in [9.17, 15) is 0 Å². The molecular formula is C45H32N2S. The summed E-state index contributed by atoms with van der Waals surface area (Å²) in [6.07, 6.45) is 0. The third-order valence-corrected chi connectivity index (χ3v) is 11.6. The lowest BCUT2D eigenvalue weighted by molar-refractivity contribution is 0.660. The van der Waals surface area contributed by atoms with Crippen molar-refractivity contribution in [3.8, 4) is 16.8 Å². The topological polar surface area (TPSA) is 8.17 Å². The maximum absolute atomic E-state index is 2.48. The fourth-order valence-corrected chi connectivity index (χ4v) is 9.31.